The van der Waals surface area contributed by atoms with E-state index in [0.29, 0.717) is 21.7 Å². The van der Waals surface area contributed by atoms with Crippen LogP contribution >= 0.6 is 23.2 Å². The number of hydrogen-bond donors (Lipinski definition) is 1. The summed E-state index contributed by atoms with van der Waals surface area (Å²) in [6.45, 7) is 0. The highest BCUT2D eigenvalue weighted by molar-refractivity contribution is 6.31. The minimum atomic E-state index is 0.355. The minimum Gasteiger partial charge on any atom is -0.337 e. The third kappa shape index (κ3) is 1.97. The van der Waals surface area contributed by atoms with Gasteiger partial charge in [-0.25, -0.2) is 4.98 Å². The van der Waals surface area contributed by atoms with E-state index in [1.807, 2.05) is 12.1 Å². The number of nitrogens with one attached hydrogen (secondary N) is 1. The predicted octanol–water partition coefficient (Wildman–Crippen LogP) is 3.33. The molecule has 17 heavy (non-hydrogen) atoms. The van der Waals surface area contributed by atoms with E-state index in [0.717, 1.165) is 11.0 Å². The number of imidazole rings is 1. The van der Waals surface area contributed by atoms with Gasteiger partial charge in [0.2, 0.25) is 0 Å². The first-order valence-corrected chi connectivity index (χ1v) is 5.63. The summed E-state index contributed by atoms with van der Waals surface area (Å²) >= 11 is 11.6. The van der Waals surface area contributed by atoms with Crippen LogP contribution in [0.4, 0.5) is 0 Å². The van der Waals surface area contributed by atoms with Crippen molar-refractivity contribution in [3.8, 4) is 11.5 Å². The fourth-order valence-electron chi connectivity index (χ4n) is 1.55. The standard InChI is InChI=1S/C11H6Cl2N4/c12-6-1-2-7-9(5-6)15-11(14-7)8-3-4-10(13)17-16-8/h1-5H,(H,14,15). The lowest BCUT2D eigenvalue weighted by Crippen LogP contribution is -1.88. The molecule has 3 rings (SSSR count). The molecule has 3 aromatic rings. The fraction of sp³-hybridized carbons (Fsp3) is 0. The third-order valence-corrected chi connectivity index (χ3v) is 2.76. The summed E-state index contributed by atoms with van der Waals surface area (Å²) in [7, 11) is 0. The van der Waals surface area contributed by atoms with Gasteiger partial charge >= 0.3 is 0 Å². The summed E-state index contributed by atoms with van der Waals surface area (Å²) in [6.07, 6.45) is 0. The highest BCUT2D eigenvalue weighted by atomic mass is 35.5. The number of nitrogens with zero attached hydrogens (tertiary/aromatic N) is 3. The van der Waals surface area contributed by atoms with Crippen LogP contribution in [0.1, 0.15) is 0 Å². The predicted molar refractivity (Wildman–Crippen MR) is 67.1 cm³/mol. The van der Waals surface area contributed by atoms with Gasteiger partial charge < -0.3 is 4.98 Å². The second-order valence-electron chi connectivity index (χ2n) is 3.49. The molecule has 0 saturated heterocycles. The normalized spacial score (nSPS) is 10.9. The maximum absolute atomic E-state index is 5.90. The molecule has 0 amide bonds. The first kappa shape index (κ1) is 10.5. The molecule has 0 fully saturated rings. The van der Waals surface area contributed by atoms with Gasteiger partial charge in [-0.15, -0.1) is 10.2 Å². The van der Waals surface area contributed by atoms with Gasteiger partial charge in [-0.3, -0.25) is 0 Å². The number of H-pyrrole nitrogens is 1. The zero-order chi connectivity index (χ0) is 11.8. The largest absolute Gasteiger partial charge is 0.337 e. The van der Waals surface area contributed by atoms with Crippen molar-refractivity contribution >= 4 is 34.2 Å². The summed E-state index contributed by atoms with van der Waals surface area (Å²) in [5, 5.41) is 8.75. The third-order valence-electron chi connectivity index (χ3n) is 2.32. The van der Waals surface area contributed by atoms with E-state index < -0.39 is 0 Å². The maximum Gasteiger partial charge on any atom is 0.159 e. The molecule has 0 aliphatic heterocycles. The van der Waals surface area contributed by atoms with Gasteiger partial charge in [0.25, 0.3) is 0 Å². The molecule has 1 N–H and O–H groups in total. The molecule has 0 unspecified atom stereocenters. The number of aromatic nitrogens is 4. The van der Waals surface area contributed by atoms with Crippen molar-refractivity contribution in [2.24, 2.45) is 0 Å². The van der Waals surface area contributed by atoms with Crippen LogP contribution in [0.3, 0.4) is 0 Å². The Morgan fingerprint density at radius 1 is 1.00 bits per heavy atom. The van der Waals surface area contributed by atoms with Crippen molar-refractivity contribution in [1.82, 2.24) is 20.2 Å². The van der Waals surface area contributed by atoms with Crippen molar-refractivity contribution in [2.45, 2.75) is 0 Å². The fourth-order valence-corrected chi connectivity index (χ4v) is 1.82. The lowest BCUT2D eigenvalue weighted by Gasteiger charge is -1.93. The summed E-state index contributed by atoms with van der Waals surface area (Å²) in [5.41, 5.74) is 2.34. The molecule has 0 atom stereocenters. The number of halogens is 2. The van der Waals surface area contributed by atoms with Crippen LogP contribution < -0.4 is 0 Å². The monoisotopic (exact) mass is 264 g/mol. The molecule has 84 valence electrons. The summed E-state index contributed by atoms with van der Waals surface area (Å²) in [4.78, 5) is 7.52. The molecule has 0 aliphatic rings. The van der Waals surface area contributed by atoms with Crippen molar-refractivity contribution in [3.05, 3.63) is 40.5 Å². The molecule has 6 heteroatoms. The Balaban J connectivity index is 2.14. The zero-order valence-corrected chi connectivity index (χ0v) is 10.00. The van der Waals surface area contributed by atoms with Crippen molar-refractivity contribution < 1.29 is 0 Å². The lowest BCUT2D eigenvalue weighted by atomic mass is 10.3. The number of hydrogen-bond acceptors (Lipinski definition) is 3. The Labute approximate surface area is 107 Å². The molecule has 4 nitrogen and oxygen atoms in total. The van der Waals surface area contributed by atoms with Gasteiger partial charge in [-0.2, -0.15) is 0 Å². The van der Waals surface area contributed by atoms with Gasteiger partial charge in [-0.1, -0.05) is 23.2 Å². The molecule has 0 bridgehead atoms. The molecule has 2 heterocycles. The molecule has 1 aromatic carbocycles. The van der Waals surface area contributed by atoms with Crippen molar-refractivity contribution in [3.63, 3.8) is 0 Å². The van der Waals surface area contributed by atoms with E-state index in [1.165, 1.54) is 0 Å². The first-order valence-electron chi connectivity index (χ1n) is 4.87. The van der Waals surface area contributed by atoms with Crippen LogP contribution in [0.25, 0.3) is 22.6 Å². The minimum absolute atomic E-state index is 0.355. The van der Waals surface area contributed by atoms with Crippen molar-refractivity contribution in [1.29, 1.82) is 0 Å². The number of benzene rings is 1. The maximum atomic E-state index is 5.90. The van der Waals surface area contributed by atoms with Crippen LogP contribution in [-0.2, 0) is 0 Å². The Bertz CT molecular complexity index is 676. The highest BCUT2D eigenvalue weighted by Gasteiger charge is 2.07. The number of rotatable bonds is 1. The van der Waals surface area contributed by atoms with E-state index in [1.54, 1.807) is 18.2 Å². The zero-order valence-electron chi connectivity index (χ0n) is 8.48. The Morgan fingerprint density at radius 2 is 1.88 bits per heavy atom. The van der Waals surface area contributed by atoms with Crippen molar-refractivity contribution in [2.75, 3.05) is 0 Å². The molecular weight excluding hydrogens is 259 g/mol. The molecule has 0 saturated carbocycles. The van der Waals surface area contributed by atoms with Crippen LogP contribution in [0.5, 0.6) is 0 Å². The van der Waals surface area contributed by atoms with Gasteiger partial charge in [0.05, 0.1) is 11.0 Å². The van der Waals surface area contributed by atoms with E-state index >= 15 is 0 Å². The molecule has 0 aliphatic carbocycles. The average molecular weight is 265 g/mol. The first-order chi connectivity index (χ1) is 8.22. The van der Waals surface area contributed by atoms with Crippen LogP contribution in [0.2, 0.25) is 10.2 Å². The smallest absolute Gasteiger partial charge is 0.159 e. The second-order valence-corrected chi connectivity index (χ2v) is 4.31. The average Bonchev–Trinajstić information content (AvgIpc) is 2.72. The highest BCUT2D eigenvalue weighted by Crippen LogP contribution is 2.21. The number of aromatic amines is 1. The lowest BCUT2D eigenvalue weighted by molar-refractivity contribution is 1.02. The topological polar surface area (TPSA) is 54.5 Å². The SMILES string of the molecule is Clc1ccc2nc(-c3ccc(Cl)nn3)[nH]c2c1. The van der Waals surface area contributed by atoms with E-state index in [2.05, 4.69) is 20.2 Å². The van der Waals surface area contributed by atoms with E-state index in [9.17, 15) is 0 Å². The van der Waals surface area contributed by atoms with Crippen LogP contribution in [0, 0.1) is 0 Å². The van der Waals surface area contributed by atoms with Gasteiger partial charge in [0, 0.05) is 5.02 Å². The van der Waals surface area contributed by atoms with Gasteiger partial charge in [-0.05, 0) is 30.3 Å². The molecular formula is C11H6Cl2N4. The van der Waals surface area contributed by atoms with E-state index in [4.69, 9.17) is 23.2 Å². The number of fused-ring (bicyclic) bond motifs is 1. The Hall–Kier alpha value is -1.65. The Morgan fingerprint density at radius 3 is 2.65 bits per heavy atom. The molecule has 0 spiro atoms. The summed E-state index contributed by atoms with van der Waals surface area (Å²) in [6, 6.07) is 8.89. The molecule has 0 radical (unpaired) electrons. The van der Waals surface area contributed by atoms with Crippen LogP contribution in [-0.4, -0.2) is 20.2 Å². The quantitative estimate of drug-likeness (QED) is 0.734. The second kappa shape index (κ2) is 3.98. The Kier molecular flexibility index (Phi) is 2.46. The van der Waals surface area contributed by atoms with Gasteiger partial charge in [0.1, 0.15) is 5.69 Å². The van der Waals surface area contributed by atoms with Gasteiger partial charge in [0.15, 0.2) is 11.0 Å². The van der Waals surface area contributed by atoms with E-state index in [-0.39, 0.29) is 0 Å². The van der Waals surface area contributed by atoms with Crippen LogP contribution in [0.15, 0.2) is 30.3 Å². The molecule has 2 aromatic heterocycles. The summed E-state index contributed by atoms with van der Waals surface area (Å²) in [5.74, 6) is 0.645. The summed E-state index contributed by atoms with van der Waals surface area (Å²) < 4.78 is 0.